The number of rotatable bonds is 5. The topological polar surface area (TPSA) is 132 Å². The van der Waals surface area contributed by atoms with Gasteiger partial charge in [0.05, 0.1) is 5.92 Å². The van der Waals surface area contributed by atoms with Gasteiger partial charge in [-0.1, -0.05) is 0 Å². The second-order valence-electron chi connectivity index (χ2n) is 7.48. The maximum Gasteiger partial charge on any atom is 0.306 e. The van der Waals surface area contributed by atoms with Crippen molar-refractivity contribution in [3.8, 4) is 0 Å². The molecule has 1 aliphatic heterocycles. The van der Waals surface area contributed by atoms with Crippen LogP contribution in [0.25, 0.3) is 0 Å². The van der Waals surface area contributed by atoms with E-state index in [0.717, 1.165) is 44.6 Å². The standard InChI is InChI=1S/C19H27N5O3/c20-17(21)14-3-6-16(22-11-14)24-9-7-12(8-10-24)18(25)23-15-4-1-13(2-5-15)19(26)27/h3,6,11-13,15H,1-2,4-5,7-10H2,(H3,20,21)(H,23,25)(H,26,27). The maximum absolute atomic E-state index is 12.5. The smallest absolute Gasteiger partial charge is 0.306 e. The van der Waals surface area contributed by atoms with Gasteiger partial charge in [0, 0.05) is 36.8 Å². The van der Waals surface area contributed by atoms with E-state index >= 15 is 0 Å². The van der Waals surface area contributed by atoms with Crippen molar-refractivity contribution in [1.82, 2.24) is 10.3 Å². The first-order valence-electron chi connectivity index (χ1n) is 9.52. The number of hydrogen-bond acceptors (Lipinski definition) is 5. The van der Waals surface area contributed by atoms with Gasteiger partial charge in [-0.15, -0.1) is 0 Å². The van der Waals surface area contributed by atoms with Gasteiger partial charge in [0.15, 0.2) is 0 Å². The van der Waals surface area contributed by atoms with Gasteiger partial charge in [-0.05, 0) is 50.7 Å². The number of nitrogens with zero attached hydrogens (tertiary/aromatic N) is 2. The molecule has 5 N–H and O–H groups in total. The van der Waals surface area contributed by atoms with Crippen molar-refractivity contribution in [1.29, 1.82) is 5.41 Å². The molecule has 2 aliphatic rings. The van der Waals surface area contributed by atoms with Crippen LogP contribution in [0, 0.1) is 17.2 Å². The molecular formula is C19H27N5O3. The third kappa shape index (κ3) is 4.75. The summed E-state index contributed by atoms with van der Waals surface area (Å²) in [5, 5.41) is 19.6. The van der Waals surface area contributed by atoms with Crippen LogP contribution in [0.4, 0.5) is 5.82 Å². The second-order valence-corrected chi connectivity index (χ2v) is 7.48. The summed E-state index contributed by atoms with van der Waals surface area (Å²) in [4.78, 5) is 30.1. The minimum absolute atomic E-state index is 0.00168. The van der Waals surface area contributed by atoms with Gasteiger partial charge in [0.25, 0.3) is 0 Å². The van der Waals surface area contributed by atoms with E-state index < -0.39 is 5.97 Å². The average Bonchev–Trinajstić information content (AvgIpc) is 2.68. The Morgan fingerprint density at radius 2 is 1.78 bits per heavy atom. The van der Waals surface area contributed by atoms with Crippen molar-refractivity contribution >= 4 is 23.5 Å². The summed E-state index contributed by atoms with van der Waals surface area (Å²) < 4.78 is 0. The summed E-state index contributed by atoms with van der Waals surface area (Å²) in [6.45, 7) is 1.52. The molecule has 0 bridgehead atoms. The van der Waals surface area contributed by atoms with Crippen LogP contribution >= 0.6 is 0 Å². The Kier molecular flexibility index (Phi) is 5.93. The Morgan fingerprint density at radius 3 is 2.30 bits per heavy atom. The van der Waals surface area contributed by atoms with Crippen LogP contribution < -0.4 is 16.0 Å². The summed E-state index contributed by atoms with van der Waals surface area (Å²) in [6, 6.07) is 3.75. The lowest BCUT2D eigenvalue weighted by molar-refractivity contribution is -0.142. The monoisotopic (exact) mass is 373 g/mol. The van der Waals surface area contributed by atoms with Gasteiger partial charge in [0.2, 0.25) is 5.91 Å². The first-order valence-corrected chi connectivity index (χ1v) is 9.52. The normalized spacial score (nSPS) is 23.6. The molecule has 1 aromatic rings. The van der Waals surface area contributed by atoms with E-state index in [-0.39, 0.29) is 29.6 Å². The Balaban J connectivity index is 1.45. The van der Waals surface area contributed by atoms with Gasteiger partial charge in [-0.25, -0.2) is 4.98 Å². The molecule has 0 atom stereocenters. The van der Waals surface area contributed by atoms with Crippen LogP contribution in [0.2, 0.25) is 0 Å². The third-order valence-corrected chi connectivity index (χ3v) is 5.67. The summed E-state index contributed by atoms with van der Waals surface area (Å²) in [6.07, 6.45) is 5.91. The fraction of sp³-hybridized carbons (Fsp3) is 0.579. The highest BCUT2D eigenvalue weighted by Gasteiger charge is 2.30. The third-order valence-electron chi connectivity index (χ3n) is 5.67. The SMILES string of the molecule is N=C(N)c1ccc(N2CCC(C(=O)NC3CCC(C(=O)O)CC3)CC2)nc1. The second kappa shape index (κ2) is 8.37. The fourth-order valence-electron chi connectivity index (χ4n) is 3.91. The lowest BCUT2D eigenvalue weighted by Crippen LogP contribution is -2.45. The number of nitrogens with one attached hydrogen (secondary N) is 2. The molecule has 1 amide bonds. The van der Waals surface area contributed by atoms with Gasteiger partial charge >= 0.3 is 5.97 Å². The quantitative estimate of drug-likeness (QED) is 0.455. The zero-order valence-electron chi connectivity index (χ0n) is 15.4. The Hall–Kier alpha value is -2.64. The van der Waals surface area contributed by atoms with Crippen LogP contribution in [-0.2, 0) is 9.59 Å². The predicted octanol–water partition coefficient (Wildman–Crippen LogP) is 1.34. The highest BCUT2D eigenvalue weighted by molar-refractivity contribution is 5.94. The Bertz CT molecular complexity index is 690. The van der Waals surface area contributed by atoms with Crippen molar-refractivity contribution in [2.75, 3.05) is 18.0 Å². The number of amidine groups is 1. The maximum atomic E-state index is 12.5. The van der Waals surface area contributed by atoms with E-state index in [9.17, 15) is 9.59 Å². The molecule has 1 aliphatic carbocycles. The molecule has 0 aromatic carbocycles. The largest absolute Gasteiger partial charge is 0.481 e. The van der Waals surface area contributed by atoms with E-state index in [2.05, 4.69) is 15.2 Å². The number of nitrogens with two attached hydrogens (primary N) is 1. The minimum atomic E-state index is -0.725. The van der Waals surface area contributed by atoms with E-state index in [4.69, 9.17) is 16.2 Å². The molecular weight excluding hydrogens is 346 g/mol. The number of nitrogen functional groups attached to an aromatic ring is 1. The number of carboxylic acids is 1. The van der Waals surface area contributed by atoms with Crippen LogP contribution in [0.15, 0.2) is 18.3 Å². The van der Waals surface area contributed by atoms with Crippen molar-refractivity contribution in [3.05, 3.63) is 23.9 Å². The molecule has 0 spiro atoms. The van der Waals surface area contributed by atoms with E-state index in [1.165, 1.54) is 0 Å². The van der Waals surface area contributed by atoms with E-state index in [1.54, 1.807) is 12.3 Å². The van der Waals surface area contributed by atoms with E-state index in [1.807, 2.05) is 6.07 Å². The molecule has 0 unspecified atom stereocenters. The summed E-state index contributed by atoms with van der Waals surface area (Å²) >= 11 is 0. The van der Waals surface area contributed by atoms with Crippen LogP contribution in [0.1, 0.15) is 44.1 Å². The summed E-state index contributed by atoms with van der Waals surface area (Å²) in [7, 11) is 0. The predicted molar refractivity (Wildman–Crippen MR) is 102 cm³/mol. The van der Waals surface area contributed by atoms with Gasteiger partial charge in [-0.3, -0.25) is 15.0 Å². The summed E-state index contributed by atoms with van der Waals surface area (Å²) in [5.74, 6) is -0.0590. The molecule has 1 saturated heterocycles. The first-order chi connectivity index (χ1) is 12.9. The highest BCUT2D eigenvalue weighted by Crippen LogP contribution is 2.26. The number of carbonyl (C=O) groups is 2. The highest BCUT2D eigenvalue weighted by atomic mass is 16.4. The number of aliphatic carboxylic acids is 1. The molecule has 2 fully saturated rings. The van der Waals surface area contributed by atoms with E-state index in [0.29, 0.717) is 18.4 Å². The number of pyridine rings is 1. The number of carbonyl (C=O) groups excluding carboxylic acids is 1. The number of amides is 1. The molecule has 3 rings (SSSR count). The number of carboxylic acid groups (broad SMARTS) is 1. The molecule has 1 saturated carbocycles. The van der Waals surface area contributed by atoms with Crippen molar-refractivity contribution in [2.24, 2.45) is 17.6 Å². The van der Waals surface area contributed by atoms with Gasteiger partial charge in [0.1, 0.15) is 11.7 Å². The Morgan fingerprint density at radius 1 is 1.11 bits per heavy atom. The minimum Gasteiger partial charge on any atom is -0.481 e. The number of piperidine rings is 1. The lowest BCUT2D eigenvalue weighted by atomic mass is 9.85. The Labute approximate surface area is 158 Å². The van der Waals surface area contributed by atoms with Crippen LogP contribution in [0.3, 0.4) is 0 Å². The molecule has 2 heterocycles. The molecule has 146 valence electrons. The molecule has 0 radical (unpaired) electrons. The zero-order valence-corrected chi connectivity index (χ0v) is 15.4. The number of hydrogen-bond donors (Lipinski definition) is 4. The van der Waals surface area contributed by atoms with Gasteiger partial charge in [-0.2, -0.15) is 0 Å². The number of anilines is 1. The van der Waals surface area contributed by atoms with Crippen molar-refractivity contribution in [3.63, 3.8) is 0 Å². The number of aromatic nitrogens is 1. The molecule has 1 aromatic heterocycles. The average molecular weight is 373 g/mol. The molecule has 8 heteroatoms. The fourth-order valence-corrected chi connectivity index (χ4v) is 3.91. The summed E-state index contributed by atoms with van der Waals surface area (Å²) in [5.41, 5.74) is 6.05. The van der Waals surface area contributed by atoms with Gasteiger partial charge < -0.3 is 21.1 Å². The first kappa shape index (κ1) is 19.1. The van der Waals surface area contributed by atoms with Crippen LogP contribution in [-0.4, -0.2) is 46.9 Å². The lowest BCUT2D eigenvalue weighted by Gasteiger charge is -2.34. The van der Waals surface area contributed by atoms with Crippen molar-refractivity contribution < 1.29 is 14.7 Å². The van der Waals surface area contributed by atoms with Crippen molar-refractivity contribution in [2.45, 2.75) is 44.6 Å². The molecule has 8 nitrogen and oxygen atoms in total. The van der Waals surface area contributed by atoms with Crippen LogP contribution in [0.5, 0.6) is 0 Å². The molecule has 27 heavy (non-hydrogen) atoms. The zero-order chi connectivity index (χ0) is 19.4.